The van der Waals surface area contributed by atoms with Crippen LogP contribution in [0.4, 0.5) is 8.78 Å². The predicted molar refractivity (Wildman–Crippen MR) is 263 cm³/mol. The molecular weight excluding hydrogens is 957 g/mol. The average molecular weight is 1000 g/mol. The first kappa shape index (κ1) is 52.0. The summed E-state index contributed by atoms with van der Waals surface area (Å²) in [7, 11) is -5.90. The van der Waals surface area contributed by atoms with Gasteiger partial charge < -0.3 is 20.1 Å². The number of benzene rings is 4. The highest BCUT2D eigenvalue weighted by Crippen LogP contribution is 2.36. The van der Waals surface area contributed by atoms with Crippen LogP contribution in [0, 0.1) is 11.6 Å². The first-order valence-electron chi connectivity index (χ1n) is 19.8. The molecule has 2 amide bonds. The molecule has 4 aromatic carbocycles. The highest BCUT2D eigenvalue weighted by atomic mass is 32.1. The number of nitrogens with zero attached hydrogens (tertiary/aromatic N) is 6. The third kappa shape index (κ3) is 12.7. The monoisotopic (exact) mass is 1000 g/mol. The molecule has 8 rings (SSSR count). The molecule has 4 heterocycles. The molecule has 0 saturated carbocycles. The fourth-order valence-corrected chi connectivity index (χ4v) is 8.10. The number of carbonyl (C=O) groups is 2. The van der Waals surface area contributed by atoms with Gasteiger partial charge in [-0.3, -0.25) is 33.7 Å². The molecule has 0 radical (unpaired) electrons. The van der Waals surface area contributed by atoms with Crippen LogP contribution < -0.4 is 32.4 Å². The van der Waals surface area contributed by atoms with Crippen molar-refractivity contribution in [3.05, 3.63) is 212 Å². The van der Waals surface area contributed by atoms with E-state index in [1.165, 1.54) is 83.1 Å². The molecule has 5 N–H and O–H groups in total. The van der Waals surface area contributed by atoms with Gasteiger partial charge in [0.2, 0.25) is 19.3 Å². The van der Waals surface area contributed by atoms with Crippen molar-refractivity contribution in [1.29, 1.82) is 0 Å². The van der Waals surface area contributed by atoms with E-state index < -0.39 is 61.2 Å². The molecule has 0 saturated heterocycles. The standard InChI is InChI=1S/C23H21FN5O3P.C22H19FN5O4P.2H2S/c1-33(2,32)18-10-6-16(7-11-18)20(15-4-8-17(24)9-5-15)27-21(30)19-14-25-23(28-22(19)31)29-13-3-12-26-29;1-33(31,32)17-9-5-15(6-10-17)19(14-3-7-16(23)8-4-14)26-20(29)18-13-24-22(27-21(18)30)28-12-2-11-25-28;;/h3-14,20H,1-2H3,(H,27,30)(H,25,28,31);2-13,19H,1H3,(H,26,29)(H,31,32)(H,24,27,30);2*1H2/t20-;19-;;/m00../s1. The lowest BCUT2D eigenvalue weighted by atomic mass is 9.98. The molecule has 352 valence electrons. The maximum atomic E-state index is 13.5. The molecule has 3 atom stereocenters. The second-order valence-electron chi connectivity index (χ2n) is 15.1. The van der Waals surface area contributed by atoms with Crippen LogP contribution >= 0.6 is 41.5 Å². The second kappa shape index (κ2) is 22.2. The number of hydrogen-bond acceptors (Lipinski definition) is 10. The van der Waals surface area contributed by atoms with Crippen LogP contribution in [0.3, 0.4) is 0 Å². The zero-order chi connectivity index (χ0) is 47.2. The summed E-state index contributed by atoms with van der Waals surface area (Å²) in [5.41, 5.74) is 0.746. The van der Waals surface area contributed by atoms with Gasteiger partial charge in [-0.05, 0) is 84.1 Å². The van der Waals surface area contributed by atoms with Crippen LogP contribution in [0.5, 0.6) is 0 Å². The quantitative estimate of drug-likeness (QED) is 0.0994. The summed E-state index contributed by atoms with van der Waals surface area (Å²) in [4.78, 5) is 74.1. The van der Waals surface area contributed by atoms with E-state index in [0.717, 1.165) is 6.20 Å². The first-order valence-corrected chi connectivity index (χ1v) is 24.5. The van der Waals surface area contributed by atoms with Crippen molar-refractivity contribution >= 4 is 63.9 Å². The number of hydrogen-bond donors (Lipinski definition) is 5. The fourth-order valence-electron chi connectivity index (χ4n) is 6.53. The van der Waals surface area contributed by atoms with Gasteiger partial charge >= 0.3 is 0 Å². The van der Waals surface area contributed by atoms with E-state index in [-0.39, 0.29) is 55.3 Å². The van der Waals surface area contributed by atoms with Crippen LogP contribution in [-0.2, 0) is 9.13 Å². The molecule has 1 unspecified atom stereocenters. The van der Waals surface area contributed by atoms with Crippen LogP contribution in [0.15, 0.2) is 156 Å². The predicted octanol–water partition coefficient (Wildman–Crippen LogP) is 5.23. The topological polar surface area (TPSA) is 240 Å². The Morgan fingerprint density at radius 3 is 1.22 bits per heavy atom. The largest absolute Gasteiger partial charge is 0.341 e. The second-order valence-corrected chi connectivity index (χ2v) is 20.6. The number of aromatic nitrogens is 8. The SMILES string of the molecule is CP(=O)(O)c1ccc([C@@H](NC(=O)c2cnc(-n3cccn3)[nH]c2=O)c2ccc(F)cc2)cc1.CP(C)(=O)c1ccc([C@@H](NC(=O)c2cnc(-n3cccn3)[nH]c2=O)c2ccc(F)cc2)cc1.S.S. The summed E-state index contributed by atoms with van der Waals surface area (Å²) in [5, 5.41) is 14.5. The van der Waals surface area contributed by atoms with E-state index in [0.29, 0.717) is 27.6 Å². The smallest absolute Gasteiger partial charge is 0.265 e. The van der Waals surface area contributed by atoms with E-state index in [2.05, 4.69) is 40.8 Å². The molecule has 0 aliphatic carbocycles. The van der Waals surface area contributed by atoms with E-state index in [1.807, 2.05) is 0 Å². The number of H-pyrrole nitrogens is 2. The number of carbonyl (C=O) groups excluding carboxylic acids is 2. The Morgan fingerprint density at radius 2 is 0.926 bits per heavy atom. The summed E-state index contributed by atoms with van der Waals surface area (Å²) in [6.45, 7) is 4.58. The van der Waals surface area contributed by atoms with Crippen molar-refractivity contribution in [2.75, 3.05) is 20.0 Å². The first-order chi connectivity index (χ1) is 31.4. The summed E-state index contributed by atoms with van der Waals surface area (Å²) in [6.07, 6.45) is 8.59. The Kier molecular flexibility index (Phi) is 17.0. The lowest BCUT2D eigenvalue weighted by molar-refractivity contribution is 0.0932. The van der Waals surface area contributed by atoms with Crippen LogP contribution in [0.2, 0.25) is 0 Å². The van der Waals surface area contributed by atoms with Gasteiger partial charge in [0.1, 0.15) is 29.9 Å². The Labute approximate surface area is 400 Å². The molecule has 0 aliphatic heterocycles. The third-order valence-electron chi connectivity index (χ3n) is 10.0. The molecule has 17 nitrogen and oxygen atoms in total. The molecule has 0 bridgehead atoms. The van der Waals surface area contributed by atoms with Crippen molar-refractivity contribution in [2.24, 2.45) is 0 Å². The third-order valence-corrected chi connectivity index (χ3v) is 12.8. The van der Waals surface area contributed by atoms with Gasteiger partial charge in [0.15, 0.2) is 0 Å². The Morgan fingerprint density at radius 1 is 0.588 bits per heavy atom. The van der Waals surface area contributed by atoms with Gasteiger partial charge in [-0.25, -0.2) is 28.1 Å². The summed E-state index contributed by atoms with van der Waals surface area (Å²) in [6, 6.07) is 26.3. The molecule has 0 spiro atoms. The lowest BCUT2D eigenvalue weighted by Crippen LogP contribution is -2.34. The van der Waals surface area contributed by atoms with Gasteiger partial charge in [0.25, 0.3) is 22.9 Å². The molecule has 8 aromatic rings. The van der Waals surface area contributed by atoms with Crippen molar-refractivity contribution in [1.82, 2.24) is 50.1 Å². The van der Waals surface area contributed by atoms with Gasteiger partial charge in [0.05, 0.1) is 12.1 Å². The van der Waals surface area contributed by atoms with Gasteiger partial charge in [-0.1, -0.05) is 60.7 Å². The molecule has 68 heavy (non-hydrogen) atoms. The maximum absolute atomic E-state index is 13.5. The van der Waals surface area contributed by atoms with Gasteiger partial charge in [-0.15, -0.1) is 0 Å². The van der Waals surface area contributed by atoms with Crippen LogP contribution in [-0.4, -0.2) is 76.2 Å². The van der Waals surface area contributed by atoms with E-state index in [4.69, 9.17) is 0 Å². The van der Waals surface area contributed by atoms with Crippen LogP contribution in [0.1, 0.15) is 55.1 Å². The van der Waals surface area contributed by atoms with Crippen molar-refractivity contribution < 1.29 is 32.4 Å². The summed E-state index contributed by atoms with van der Waals surface area (Å²) >= 11 is 0. The highest BCUT2D eigenvalue weighted by molar-refractivity contribution is 7.70. The van der Waals surface area contributed by atoms with Gasteiger partial charge in [-0.2, -0.15) is 37.2 Å². The van der Waals surface area contributed by atoms with Crippen molar-refractivity contribution in [3.63, 3.8) is 0 Å². The Bertz CT molecular complexity index is 2990. The van der Waals surface area contributed by atoms with E-state index in [1.54, 1.807) is 86.4 Å². The normalized spacial score (nSPS) is 12.7. The molecule has 23 heteroatoms. The number of halogens is 2. The minimum atomic E-state index is -3.45. The average Bonchev–Trinajstić information content (AvgIpc) is 4.04. The zero-order valence-electron chi connectivity index (χ0n) is 36.2. The number of aromatic amines is 2. The molecular formula is C45H44F2N10O7P2S2. The highest BCUT2D eigenvalue weighted by Gasteiger charge is 2.24. The minimum absolute atomic E-state index is 0. The fraction of sp³-hybridized carbons (Fsp3) is 0.111. The minimum Gasteiger partial charge on any atom is -0.341 e. The lowest BCUT2D eigenvalue weighted by Gasteiger charge is -2.20. The van der Waals surface area contributed by atoms with Gasteiger partial charge in [0, 0.05) is 54.5 Å². The number of rotatable bonds is 12. The number of nitrogens with one attached hydrogen (secondary N) is 4. The van der Waals surface area contributed by atoms with Crippen LogP contribution in [0.25, 0.3) is 11.9 Å². The van der Waals surface area contributed by atoms with Crippen molar-refractivity contribution in [2.45, 2.75) is 12.1 Å². The summed E-state index contributed by atoms with van der Waals surface area (Å²) in [5.74, 6) is -1.87. The van der Waals surface area contributed by atoms with Crippen molar-refractivity contribution in [3.8, 4) is 11.9 Å². The van der Waals surface area contributed by atoms with E-state index in [9.17, 15) is 42.0 Å². The zero-order valence-corrected chi connectivity index (χ0v) is 40.0. The Hall–Kier alpha value is -7.02. The maximum Gasteiger partial charge on any atom is 0.265 e. The molecule has 0 fully saturated rings. The van der Waals surface area contributed by atoms with E-state index >= 15 is 0 Å². The number of amides is 2. The molecule has 4 aromatic heterocycles. The molecule has 0 aliphatic rings. The summed E-state index contributed by atoms with van der Waals surface area (Å²) < 4.78 is 53.9. The Balaban J connectivity index is 0.000000247.